The largest absolute Gasteiger partial charge is 0.497 e. The fraction of sp³-hybridized carbons (Fsp3) is 0.292. The van der Waals surface area contributed by atoms with E-state index in [9.17, 15) is 4.79 Å². The van der Waals surface area contributed by atoms with Gasteiger partial charge in [0, 0.05) is 13.1 Å². The van der Waals surface area contributed by atoms with Gasteiger partial charge < -0.3 is 10.1 Å². The van der Waals surface area contributed by atoms with Crippen molar-refractivity contribution >= 4 is 16.7 Å². The maximum atomic E-state index is 12.2. The Morgan fingerprint density at radius 3 is 2.50 bits per heavy atom. The molecule has 1 amide bonds. The summed E-state index contributed by atoms with van der Waals surface area (Å²) in [6.07, 6.45) is 1.94. The molecular weight excluding hydrogens is 348 g/mol. The van der Waals surface area contributed by atoms with Gasteiger partial charge in [-0.3, -0.25) is 9.69 Å². The lowest BCUT2D eigenvalue weighted by Crippen LogP contribution is -2.35. The number of ether oxygens (including phenoxy) is 1. The second-order valence-corrected chi connectivity index (χ2v) is 7.16. The summed E-state index contributed by atoms with van der Waals surface area (Å²) < 4.78 is 5.27. The third-order valence-corrected chi connectivity index (χ3v) is 4.79. The van der Waals surface area contributed by atoms with Crippen molar-refractivity contribution in [3.63, 3.8) is 0 Å². The predicted octanol–water partition coefficient (Wildman–Crippen LogP) is 4.03. The molecule has 4 nitrogen and oxygen atoms in total. The molecule has 0 unspecified atom stereocenters. The van der Waals surface area contributed by atoms with E-state index in [2.05, 4.69) is 41.7 Å². The van der Waals surface area contributed by atoms with Gasteiger partial charge in [-0.1, -0.05) is 48.5 Å². The van der Waals surface area contributed by atoms with Gasteiger partial charge in [0.05, 0.1) is 13.7 Å². The van der Waals surface area contributed by atoms with Crippen molar-refractivity contribution in [1.82, 2.24) is 10.2 Å². The van der Waals surface area contributed by atoms with E-state index >= 15 is 0 Å². The number of hydrogen-bond donors (Lipinski definition) is 1. The smallest absolute Gasteiger partial charge is 0.234 e. The van der Waals surface area contributed by atoms with Gasteiger partial charge in [0.25, 0.3) is 0 Å². The van der Waals surface area contributed by atoms with Crippen LogP contribution in [0.15, 0.2) is 66.7 Å². The molecule has 0 fully saturated rings. The molecule has 0 aliphatic heterocycles. The molecule has 0 saturated heterocycles. The van der Waals surface area contributed by atoms with Crippen molar-refractivity contribution in [3.05, 3.63) is 77.9 Å². The zero-order chi connectivity index (χ0) is 19.8. The molecule has 3 rings (SSSR count). The van der Waals surface area contributed by atoms with Gasteiger partial charge in [-0.15, -0.1) is 0 Å². The topological polar surface area (TPSA) is 41.6 Å². The minimum Gasteiger partial charge on any atom is -0.497 e. The van der Waals surface area contributed by atoms with E-state index in [1.807, 2.05) is 42.3 Å². The number of hydrogen-bond acceptors (Lipinski definition) is 3. The van der Waals surface area contributed by atoms with Gasteiger partial charge in [0.2, 0.25) is 5.91 Å². The molecule has 146 valence electrons. The van der Waals surface area contributed by atoms with Crippen LogP contribution in [-0.4, -0.2) is 38.1 Å². The summed E-state index contributed by atoms with van der Waals surface area (Å²) in [7, 11) is 3.65. The van der Waals surface area contributed by atoms with E-state index in [0.29, 0.717) is 13.1 Å². The van der Waals surface area contributed by atoms with Gasteiger partial charge in [0.15, 0.2) is 0 Å². The maximum absolute atomic E-state index is 12.2. The van der Waals surface area contributed by atoms with Crippen molar-refractivity contribution in [2.45, 2.75) is 19.4 Å². The fourth-order valence-corrected chi connectivity index (χ4v) is 3.33. The molecule has 0 saturated carbocycles. The highest BCUT2D eigenvalue weighted by atomic mass is 16.5. The van der Waals surface area contributed by atoms with Gasteiger partial charge in [-0.2, -0.15) is 0 Å². The summed E-state index contributed by atoms with van der Waals surface area (Å²) in [5.41, 5.74) is 2.50. The summed E-state index contributed by atoms with van der Waals surface area (Å²) in [4.78, 5) is 14.2. The molecule has 3 aromatic rings. The van der Waals surface area contributed by atoms with Crippen LogP contribution in [0.1, 0.15) is 17.5 Å². The van der Waals surface area contributed by atoms with Crippen molar-refractivity contribution in [3.8, 4) is 5.75 Å². The van der Waals surface area contributed by atoms with E-state index in [1.54, 1.807) is 7.11 Å². The highest BCUT2D eigenvalue weighted by molar-refractivity contribution is 5.84. The van der Waals surface area contributed by atoms with Gasteiger partial charge >= 0.3 is 0 Å². The van der Waals surface area contributed by atoms with E-state index in [0.717, 1.165) is 30.5 Å². The Morgan fingerprint density at radius 2 is 1.71 bits per heavy atom. The number of rotatable bonds is 9. The average Bonchev–Trinajstić information content (AvgIpc) is 2.71. The van der Waals surface area contributed by atoms with E-state index in [1.165, 1.54) is 16.5 Å². The Balaban J connectivity index is 1.43. The predicted molar refractivity (Wildman–Crippen MR) is 115 cm³/mol. The summed E-state index contributed by atoms with van der Waals surface area (Å²) in [5.74, 6) is 0.933. The summed E-state index contributed by atoms with van der Waals surface area (Å²) in [6.45, 7) is 1.84. The lowest BCUT2D eigenvalue weighted by Gasteiger charge is -2.17. The number of benzene rings is 3. The van der Waals surface area contributed by atoms with Gasteiger partial charge in [0.1, 0.15) is 5.75 Å². The molecule has 0 radical (unpaired) electrons. The molecule has 0 aromatic heterocycles. The van der Waals surface area contributed by atoms with Gasteiger partial charge in [-0.05, 0) is 60.0 Å². The number of fused-ring (bicyclic) bond motifs is 1. The third kappa shape index (κ3) is 5.83. The number of aryl methyl sites for hydroxylation is 1. The summed E-state index contributed by atoms with van der Waals surface area (Å²) in [6, 6.07) is 22.8. The molecule has 0 spiro atoms. The highest BCUT2D eigenvalue weighted by Gasteiger charge is 2.07. The standard InChI is InChI=1S/C24H28N2O2/c1-26(18-24(27)25-14-6-9-19-7-4-3-5-8-19)17-20-10-11-22-16-23(28-2)13-12-21(22)15-20/h3-5,7-8,10-13,15-16H,6,9,14,17-18H2,1-2H3,(H,25,27). The number of methoxy groups -OCH3 is 1. The van der Waals surface area contributed by atoms with Crippen LogP contribution in [0.25, 0.3) is 10.8 Å². The lowest BCUT2D eigenvalue weighted by atomic mass is 10.1. The summed E-state index contributed by atoms with van der Waals surface area (Å²) >= 11 is 0. The Hall–Kier alpha value is -2.85. The first-order valence-corrected chi connectivity index (χ1v) is 9.70. The molecule has 3 aromatic carbocycles. The Morgan fingerprint density at radius 1 is 0.964 bits per heavy atom. The lowest BCUT2D eigenvalue weighted by molar-refractivity contribution is -0.122. The van der Waals surface area contributed by atoms with E-state index in [-0.39, 0.29) is 5.91 Å². The second-order valence-electron chi connectivity index (χ2n) is 7.16. The van der Waals surface area contributed by atoms with E-state index in [4.69, 9.17) is 4.74 Å². The van der Waals surface area contributed by atoms with Crippen LogP contribution < -0.4 is 10.1 Å². The van der Waals surface area contributed by atoms with Gasteiger partial charge in [-0.25, -0.2) is 0 Å². The molecular formula is C24H28N2O2. The quantitative estimate of drug-likeness (QED) is 0.573. The molecule has 0 atom stereocenters. The van der Waals surface area contributed by atoms with Crippen molar-refractivity contribution in [1.29, 1.82) is 0 Å². The molecule has 0 aliphatic rings. The molecule has 0 bridgehead atoms. The second kappa shape index (κ2) is 9.90. The first-order chi connectivity index (χ1) is 13.6. The van der Waals surface area contributed by atoms with Crippen LogP contribution >= 0.6 is 0 Å². The van der Waals surface area contributed by atoms with Crippen molar-refractivity contribution < 1.29 is 9.53 Å². The zero-order valence-electron chi connectivity index (χ0n) is 16.7. The molecule has 28 heavy (non-hydrogen) atoms. The molecule has 4 heteroatoms. The SMILES string of the molecule is COc1ccc2cc(CN(C)CC(=O)NCCCc3ccccc3)ccc2c1. The third-order valence-electron chi connectivity index (χ3n) is 4.79. The number of likely N-dealkylation sites (N-methyl/N-ethyl adjacent to an activating group) is 1. The number of amides is 1. The number of nitrogens with one attached hydrogen (secondary N) is 1. The minimum absolute atomic E-state index is 0.0705. The van der Waals surface area contributed by atoms with Crippen LogP contribution in [0.2, 0.25) is 0 Å². The number of carbonyl (C=O) groups excluding carboxylic acids is 1. The molecule has 0 heterocycles. The highest BCUT2D eigenvalue weighted by Crippen LogP contribution is 2.22. The maximum Gasteiger partial charge on any atom is 0.234 e. The van der Waals surface area contributed by atoms with Crippen molar-refractivity contribution in [2.75, 3.05) is 27.2 Å². The monoisotopic (exact) mass is 376 g/mol. The number of nitrogens with zero attached hydrogens (tertiary/aromatic N) is 1. The number of carbonyl (C=O) groups is 1. The Labute approximate surface area is 167 Å². The minimum atomic E-state index is 0.0705. The zero-order valence-corrected chi connectivity index (χ0v) is 16.7. The molecule has 1 N–H and O–H groups in total. The summed E-state index contributed by atoms with van der Waals surface area (Å²) in [5, 5.41) is 5.35. The molecule has 0 aliphatic carbocycles. The Kier molecular flexibility index (Phi) is 7.04. The van der Waals surface area contributed by atoms with Crippen LogP contribution in [0, 0.1) is 0 Å². The fourth-order valence-electron chi connectivity index (χ4n) is 3.33. The van der Waals surface area contributed by atoms with Crippen molar-refractivity contribution in [2.24, 2.45) is 0 Å². The van der Waals surface area contributed by atoms with E-state index < -0.39 is 0 Å². The van der Waals surface area contributed by atoms with Crippen LogP contribution in [0.3, 0.4) is 0 Å². The van der Waals surface area contributed by atoms with Crippen LogP contribution in [0.4, 0.5) is 0 Å². The van der Waals surface area contributed by atoms with Crippen LogP contribution in [-0.2, 0) is 17.8 Å². The average molecular weight is 376 g/mol. The normalized spacial score (nSPS) is 11.0. The first-order valence-electron chi connectivity index (χ1n) is 9.70. The Bertz CT molecular complexity index is 909. The van der Waals surface area contributed by atoms with Crippen LogP contribution in [0.5, 0.6) is 5.75 Å². The first kappa shape index (κ1) is 19.9.